The van der Waals surface area contributed by atoms with Crippen LogP contribution in [0.4, 0.5) is 4.79 Å². The summed E-state index contributed by atoms with van der Waals surface area (Å²) in [5.74, 6) is 0.154. The third kappa shape index (κ3) is 3.64. The summed E-state index contributed by atoms with van der Waals surface area (Å²) < 4.78 is 10.8. The fourth-order valence-corrected chi connectivity index (χ4v) is 2.43. The maximum atomic E-state index is 12.6. The molecule has 2 amide bonds. The van der Waals surface area contributed by atoms with Crippen LogP contribution in [-0.4, -0.2) is 25.2 Å². The van der Waals surface area contributed by atoms with E-state index < -0.39 is 12.0 Å². The van der Waals surface area contributed by atoms with Crippen LogP contribution in [0.5, 0.6) is 5.75 Å². The molecule has 0 spiro atoms. The summed E-state index contributed by atoms with van der Waals surface area (Å²) in [6.45, 7) is 5.47. The molecule has 0 radical (unpaired) electrons. The van der Waals surface area contributed by atoms with Crippen molar-refractivity contribution >= 4 is 12.0 Å². The van der Waals surface area contributed by atoms with Crippen molar-refractivity contribution in [3.05, 3.63) is 41.1 Å². The molecule has 2 atom stereocenters. The molecule has 1 aliphatic rings. The van der Waals surface area contributed by atoms with Gasteiger partial charge in [0.1, 0.15) is 5.75 Å². The van der Waals surface area contributed by atoms with E-state index in [0.29, 0.717) is 22.6 Å². The SMILES string of the molecule is CCC(C)OC(=O)C1=C(C)NC(=O)NC1c1ccccc1OC. The molecule has 0 bridgehead atoms. The van der Waals surface area contributed by atoms with Crippen molar-refractivity contribution in [2.24, 2.45) is 0 Å². The Hall–Kier alpha value is -2.50. The van der Waals surface area contributed by atoms with Crippen LogP contribution >= 0.6 is 0 Å². The van der Waals surface area contributed by atoms with Crippen LogP contribution in [-0.2, 0) is 9.53 Å². The number of esters is 1. The smallest absolute Gasteiger partial charge is 0.338 e. The molecule has 6 nitrogen and oxygen atoms in total. The van der Waals surface area contributed by atoms with Gasteiger partial charge in [-0.25, -0.2) is 9.59 Å². The summed E-state index contributed by atoms with van der Waals surface area (Å²) in [6, 6.07) is 6.29. The third-order valence-corrected chi connectivity index (χ3v) is 3.82. The van der Waals surface area contributed by atoms with E-state index in [2.05, 4.69) is 10.6 Å². The molecule has 2 unspecified atom stereocenters. The topological polar surface area (TPSA) is 76.7 Å². The number of ether oxygens (including phenoxy) is 2. The Morgan fingerprint density at radius 1 is 1.35 bits per heavy atom. The van der Waals surface area contributed by atoms with Gasteiger partial charge in [-0.15, -0.1) is 0 Å². The maximum absolute atomic E-state index is 12.6. The minimum atomic E-state index is -0.614. The first-order valence-electron chi connectivity index (χ1n) is 7.60. The van der Waals surface area contributed by atoms with Crippen molar-refractivity contribution in [3.8, 4) is 5.75 Å². The summed E-state index contributed by atoms with van der Waals surface area (Å²) in [6.07, 6.45) is 0.524. The zero-order valence-corrected chi connectivity index (χ0v) is 13.8. The highest BCUT2D eigenvalue weighted by Gasteiger charge is 2.34. The number of methoxy groups -OCH3 is 1. The molecule has 1 aromatic carbocycles. The number of amides is 2. The molecule has 0 aromatic heterocycles. The average Bonchev–Trinajstić information content (AvgIpc) is 2.53. The number of para-hydroxylation sites is 1. The Balaban J connectivity index is 2.44. The van der Waals surface area contributed by atoms with E-state index in [1.54, 1.807) is 20.1 Å². The van der Waals surface area contributed by atoms with Gasteiger partial charge in [0.2, 0.25) is 0 Å². The predicted molar refractivity (Wildman–Crippen MR) is 85.9 cm³/mol. The first kappa shape index (κ1) is 16.9. The van der Waals surface area contributed by atoms with E-state index in [4.69, 9.17) is 9.47 Å². The number of urea groups is 1. The number of hydrogen-bond donors (Lipinski definition) is 2. The van der Waals surface area contributed by atoms with Crippen LogP contribution in [0.15, 0.2) is 35.5 Å². The molecular weight excluding hydrogens is 296 g/mol. The van der Waals surface area contributed by atoms with Gasteiger partial charge in [0.25, 0.3) is 0 Å². The summed E-state index contributed by atoms with van der Waals surface area (Å²) in [4.78, 5) is 24.4. The van der Waals surface area contributed by atoms with Gasteiger partial charge in [-0.3, -0.25) is 0 Å². The lowest BCUT2D eigenvalue weighted by Crippen LogP contribution is -2.45. The van der Waals surface area contributed by atoms with Crippen molar-refractivity contribution in [1.82, 2.24) is 10.6 Å². The van der Waals surface area contributed by atoms with E-state index in [-0.39, 0.29) is 12.1 Å². The lowest BCUT2D eigenvalue weighted by atomic mass is 9.95. The quantitative estimate of drug-likeness (QED) is 0.818. The van der Waals surface area contributed by atoms with E-state index in [1.165, 1.54) is 0 Å². The molecule has 124 valence electrons. The van der Waals surface area contributed by atoms with Crippen molar-refractivity contribution in [1.29, 1.82) is 0 Å². The van der Waals surface area contributed by atoms with Crippen molar-refractivity contribution in [3.63, 3.8) is 0 Å². The molecular formula is C17H22N2O4. The van der Waals surface area contributed by atoms with Crippen molar-refractivity contribution in [2.45, 2.75) is 39.3 Å². The molecule has 0 saturated carbocycles. The molecule has 0 aliphatic carbocycles. The van der Waals surface area contributed by atoms with E-state index in [0.717, 1.165) is 6.42 Å². The van der Waals surface area contributed by atoms with Gasteiger partial charge in [0.05, 0.1) is 24.8 Å². The number of hydrogen-bond acceptors (Lipinski definition) is 4. The van der Waals surface area contributed by atoms with Crippen molar-refractivity contribution in [2.75, 3.05) is 7.11 Å². The minimum absolute atomic E-state index is 0.196. The number of nitrogens with one attached hydrogen (secondary N) is 2. The normalized spacial score (nSPS) is 18.8. The second kappa shape index (κ2) is 7.17. The molecule has 2 N–H and O–H groups in total. The molecule has 0 fully saturated rings. The van der Waals surface area contributed by atoms with E-state index in [9.17, 15) is 9.59 Å². The number of benzene rings is 1. The zero-order chi connectivity index (χ0) is 17.0. The summed E-state index contributed by atoms with van der Waals surface area (Å²) in [7, 11) is 1.55. The fourth-order valence-electron chi connectivity index (χ4n) is 2.43. The summed E-state index contributed by atoms with van der Waals surface area (Å²) >= 11 is 0. The Morgan fingerprint density at radius 3 is 2.70 bits per heavy atom. The van der Waals surface area contributed by atoms with Gasteiger partial charge in [-0.05, 0) is 26.3 Å². The molecule has 1 aromatic rings. The Morgan fingerprint density at radius 2 is 2.04 bits per heavy atom. The van der Waals surface area contributed by atoms with Crippen LogP contribution in [0.25, 0.3) is 0 Å². The van der Waals surface area contributed by atoms with Gasteiger partial charge < -0.3 is 20.1 Å². The standard InChI is InChI=1S/C17H22N2O4/c1-5-10(2)23-16(20)14-11(3)18-17(21)19-15(14)12-8-6-7-9-13(12)22-4/h6-10,15H,5H2,1-4H3,(H2,18,19,21). The number of rotatable bonds is 5. The largest absolute Gasteiger partial charge is 0.496 e. The number of carbonyl (C=O) groups is 2. The third-order valence-electron chi connectivity index (χ3n) is 3.82. The predicted octanol–water partition coefficient (Wildman–Crippen LogP) is 2.66. The Labute approximate surface area is 135 Å². The van der Waals surface area contributed by atoms with Gasteiger partial charge in [-0.1, -0.05) is 25.1 Å². The van der Waals surface area contributed by atoms with Gasteiger partial charge in [0.15, 0.2) is 0 Å². The summed E-state index contributed by atoms with van der Waals surface area (Å²) in [5, 5.41) is 5.40. The molecule has 23 heavy (non-hydrogen) atoms. The molecule has 6 heteroatoms. The van der Waals surface area contributed by atoms with E-state index >= 15 is 0 Å². The highest BCUT2D eigenvalue weighted by atomic mass is 16.5. The highest BCUT2D eigenvalue weighted by molar-refractivity contribution is 5.95. The lowest BCUT2D eigenvalue weighted by Gasteiger charge is -2.29. The Bertz CT molecular complexity index is 639. The van der Waals surface area contributed by atoms with Crippen LogP contribution in [0.3, 0.4) is 0 Å². The molecule has 1 heterocycles. The zero-order valence-electron chi connectivity index (χ0n) is 13.8. The minimum Gasteiger partial charge on any atom is -0.496 e. The second-order valence-corrected chi connectivity index (χ2v) is 5.44. The molecule has 1 aliphatic heterocycles. The number of allylic oxidation sites excluding steroid dienone is 1. The number of carbonyl (C=O) groups excluding carboxylic acids is 2. The van der Waals surface area contributed by atoms with E-state index in [1.807, 2.05) is 32.0 Å². The fraction of sp³-hybridized carbons (Fsp3) is 0.412. The monoisotopic (exact) mass is 318 g/mol. The van der Waals surface area contributed by atoms with Crippen LogP contribution < -0.4 is 15.4 Å². The Kier molecular flexibility index (Phi) is 5.26. The first-order chi connectivity index (χ1) is 11.0. The van der Waals surface area contributed by atoms with Gasteiger partial charge in [-0.2, -0.15) is 0 Å². The van der Waals surface area contributed by atoms with Gasteiger partial charge in [0, 0.05) is 11.3 Å². The summed E-state index contributed by atoms with van der Waals surface area (Å²) in [5.41, 5.74) is 1.58. The second-order valence-electron chi connectivity index (χ2n) is 5.44. The van der Waals surface area contributed by atoms with Gasteiger partial charge >= 0.3 is 12.0 Å². The average molecular weight is 318 g/mol. The van der Waals surface area contributed by atoms with Crippen LogP contribution in [0.2, 0.25) is 0 Å². The van der Waals surface area contributed by atoms with Crippen LogP contribution in [0.1, 0.15) is 38.8 Å². The van der Waals surface area contributed by atoms with Crippen molar-refractivity contribution < 1.29 is 19.1 Å². The highest BCUT2D eigenvalue weighted by Crippen LogP contribution is 2.33. The lowest BCUT2D eigenvalue weighted by molar-refractivity contribution is -0.144. The maximum Gasteiger partial charge on any atom is 0.338 e. The van der Waals surface area contributed by atoms with Crippen LogP contribution in [0, 0.1) is 0 Å². The first-order valence-corrected chi connectivity index (χ1v) is 7.60. The molecule has 0 saturated heterocycles. The molecule has 2 rings (SSSR count).